The number of nitrogens with one attached hydrogen (secondary N) is 3. The summed E-state index contributed by atoms with van der Waals surface area (Å²) < 4.78 is 0. The molecule has 4 aromatic rings. The van der Waals surface area contributed by atoms with Crippen molar-refractivity contribution in [2.24, 2.45) is 0 Å². The third-order valence-electron chi connectivity index (χ3n) is 7.44. The van der Waals surface area contributed by atoms with Gasteiger partial charge in [0.2, 0.25) is 5.91 Å². The lowest BCUT2D eigenvalue weighted by Crippen LogP contribution is -2.53. The Morgan fingerprint density at radius 3 is 2.46 bits per heavy atom. The lowest BCUT2D eigenvalue weighted by atomic mass is 10.0. The maximum absolute atomic E-state index is 14.1. The van der Waals surface area contributed by atoms with E-state index in [9.17, 15) is 14.4 Å². The topological polar surface area (TPSA) is 90.5 Å². The van der Waals surface area contributed by atoms with E-state index in [1.54, 1.807) is 37.6 Å². The molecule has 5 rings (SSSR count). The van der Waals surface area contributed by atoms with Crippen LogP contribution in [0.4, 0.5) is 11.4 Å². The molecule has 7 nitrogen and oxygen atoms in total. The molecule has 0 aromatic heterocycles. The standard InChI is InChI=1S/C33H34N4O3S/c1-21(34-3)32(39)36-29-20-41-31-28(35-18-23-14-16-24(17-15-23)22(2)38)12-7-13-30(31)37(33(29)40)19-26-10-6-9-25-8-4-5-11-27(25)26/h4-17,21,29,34-35H,18-20H2,1-3H3,(H,36,39). The number of fused-ring (bicyclic) bond motifs is 2. The highest BCUT2D eigenvalue weighted by Gasteiger charge is 2.34. The molecule has 0 aliphatic carbocycles. The number of ketones is 1. The number of Topliss-reactive ketones (excluding diaryl/α,β-unsaturated/α-hetero) is 1. The molecule has 2 unspecified atom stereocenters. The third kappa shape index (κ3) is 6.29. The molecule has 1 aliphatic heterocycles. The van der Waals surface area contributed by atoms with Crippen molar-refractivity contribution in [3.05, 3.63) is 102 Å². The molecule has 4 aromatic carbocycles. The fourth-order valence-corrected chi connectivity index (χ4v) is 6.10. The molecule has 41 heavy (non-hydrogen) atoms. The van der Waals surface area contributed by atoms with E-state index in [1.165, 1.54) is 0 Å². The second-order valence-electron chi connectivity index (χ2n) is 10.2. The number of likely N-dealkylation sites (N-methyl/N-ethyl adjacent to an activating group) is 1. The molecule has 1 heterocycles. The molecule has 1 aliphatic rings. The van der Waals surface area contributed by atoms with Crippen molar-refractivity contribution >= 4 is 51.5 Å². The van der Waals surface area contributed by atoms with Crippen LogP contribution in [0.25, 0.3) is 10.8 Å². The lowest BCUT2D eigenvalue weighted by molar-refractivity contribution is -0.128. The Bertz CT molecular complexity index is 1580. The zero-order valence-corrected chi connectivity index (χ0v) is 24.3. The molecule has 2 amide bonds. The average Bonchev–Trinajstić information content (AvgIpc) is 3.12. The van der Waals surface area contributed by atoms with Gasteiger partial charge in [-0.1, -0.05) is 72.8 Å². The van der Waals surface area contributed by atoms with E-state index in [0.29, 0.717) is 24.4 Å². The number of thioether (sulfide) groups is 1. The summed E-state index contributed by atoms with van der Waals surface area (Å²) in [6.07, 6.45) is 0. The van der Waals surface area contributed by atoms with Crippen molar-refractivity contribution in [1.29, 1.82) is 0 Å². The maximum atomic E-state index is 14.1. The zero-order chi connectivity index (χ0) is 28.9. The third-order valence-corrected chi connectivity index (χ3v) is 8.66. The van der Waals surface area contributed by atoms with Crippen molar-refractivity contribution in [1.82, 2.24) is 10.6 Å². The minimum atomic E-state index is -0.683. The number of nitrogens with zero attached hydrogens (tertiary/aromatic N) is 1. The molecule has 0 saturated heterocycles. The first-order valence-corrected chi connectivity index (χ1v) is 14.7. The van der Waals surface area contributed by atoms with Crippen molar-refractivity contribution < 1.29 is 14.4 Å². The van der Waals surface area contributed by atoms with Crippen LogP contribution in [0.5, 0.6) is 0 Å². The van der Waals surface area contributed by atoms with Gasteiger partial charge < -0.3 is 20.9 Å². The maximum Gasteiger partial charge on any atom is 0.250 e. The van der Waals surface area contributed by atoms with Gasteiger partial charge in [0.1, 0.15) is 6.04 Å². The number of carbonyl (C=O) groups is 3. The Morgan fingerprint density at radius 2 is 1.71 bits per heavy atom. The van der Waals surface area contributed by atoms with Gasteiger partial charge in [0.15, 0.2) is 5.78 Å². The first-order chi connectivity index (χ1) is 19.9. The second kappa shape index (κ2) is 12.6. The Kier molecular flexibility index (Phi) is 8.71. The van der Waals surface area contributed by atoms with Crippen molar-refractivity contribution in [3.63, 3.8) is 0 Å². The quantitative estimate of drug-likeness (QED) is 0.236. The van der Waals surface area contributed by atoms with Crippen LogP contribution in [0.1, 0.15) is 35.3 Å². The molecular formula is C33H34N4O3S. The molecule has 0 radical (unpaired) electrons. The summed E-state index contributed by atoms with van der Waals surface area (Å²) in [7, 11) is 1.72. The number of carbonyl (C=O) groups excluding carboxylic acids is 3. The first-order valence-electron chi connectivity index (χ1n) is 13.7. The molecule has 0 spiro atoms. The summed E-state index contributed by atoms with van der Waals surface area (Å²) in [6.45, 7) is 4.27. The van der Waals surface area contributed by atoms with Crippen LogP contribution in [-0.4, -0.2) is 42.5 Å². The molecule has 3 N–H and O–H groups in total. The highest BCUT2D eigenvalue weighted by molar-refractivity contribution is 7.99. The van der Waals surface area contributed by atoms with Crippen LogP contribution in [0, 0.1) is 0 Å². The number of rotatable bonds is 9. The van der Waals surface area contributed by atoms with Gasteiger partial charge in [-0.2, -0.15) is 0 Å². The Labute approximate surface area is 244 Å². The normalized spacial score (nSPS) is 15.6. The van der Waals surface area contributed by atoms with E-state index < -0.39 is 12.1 Å². The van der Waals surface area contributed by atoms with Gasteiger partial charge in [-0.05, 0) is 54.9 Å². The van der Waals surface area contributed by atoms with Crippen LogP contribution in [0.2, 0.25) is 0 Å². The fourth-order valence-electron chi connectivity index (χ4n) is 4.92. The summed E-state index contributed by atoms with van der Waals surface area (Å²) in [5, 5.41) is 11.7. The summed E-state index contributed by atoms with van der Waals surface area (Å²) in [5.74, 6) is 0.0927. The van der Waals surface area contributed by atoms with Crippen LogP contribution in [0.3, 0.4) is 0 Å². The van der Waals surface area contributed by atoms with Gasteiger partial charge in [-0.15, -0.1) is 11.8 Å². The van der Waals surface area contributed by atoms with Crippen LogP contribution < -0.4 is 20.9 Å². The molecule has 0 saturated carbocycles. The van der Waals surface area contributed by atoms with E-state index in [0.717, 1.165) is 38.2 Å². The zero-order valence-electron chi connectivity index (χ0n) is 23.4. The fraction of sp³-hybridized carbons (Fsp3) is 0.242. The Balaban J connectivity index is 1.49. The molecule has 0 bridgehead atoms. The van der Waals surface area contributed by atoms with Gasteiger partial charge in [-0.3, -0.25) is 14.4 Å². The number of hydrogen-bond donors (Lipinski definition) is 3. The Hall–Kier alpha value is -4.14. The number of hydrogen-bond acceptors (Lipinski definition) is 6. The highest BCUT2D eigenvalue weighted by Crippen LogP contribution is 2.41. The molecular weight excluding hydrogens is 532 g/mol. The van der Waals surface area contributed by atoms with Crippen molar-refractivity contribution in [2.75, 3.05) is 23.0 Å². The Morgan fingerprint density at radius 1 is 0.976 bits per heavy atom. The number of anilines is 2. The summed E-state index contributed by atoms with van der Waals surface area (Å²) in [4.78, 5) is 41.3. The monoisotopic (exact) mass is 566 g/mol. The SMILES string of the molecule is CNC(C)C(=O)NC1CSc2c(NCc3ccc(C(C)=O)cc3)cccc2N(Cc2cccc3ccccc23)C1=O. The molecule has 0 fully saturated rings. The molecule has 210 valence electrons. The minimum Gasteiger partial charge on any atom is -0.380 e. The van der Waals surface area contributed by atoms with E-state index in [-0.39, 0.29) is 17.6 Å². The van der Waals surface area contributed by atoms with Crippen LogP contribution >= 0.6 is 11.8 Å². The smallest absolute Gasteiger partial charge is 0.250 e. The van der Waals surface area contributed by atoms with Gasteiger partial charge in [-0.25, -0.2) is 0 Å². The molecule has 2 atom stereocenters. The predicted molar refractivity (Wildman–Crippen MR) is 167 cm³/mol. The van der Waals surface area contributed by atoms with Gasteiger partial charge in [0.25, 0.3) is 5.91 Å². The van der Waals surface area contributed by atoms with Crippen LogP contribution in [0.15, 0.2) is 89.8 Å². The number of amides is 2. The van der Waals surface area contributed by atoms with E-state index in [1.807, 2.05) is 60.7 Å². The van der Waals surface area contributed by atoms with Crippen molar-refractivity contribution in [3.8, 4) is 0 Å². The highest BCUT2D eigenvalue weighted by atomic mass is 32.2. The number of benzene rings is 4. The van der Waals surface area contributed by atoms with Crippen molar-refractivity contribution in [2.45, 2.75) is 43.9 Å². The minimum absolute atomic E-state index is 0.0380. The lowest BCUT2D eigenvalue weighted by Gasteiger charge is -2.27. The van der Waals surface area contributed by atoms with E-state index >= 15 is 0 Å². The summed E-state index contributed by atoms with van der Waals surface area (Å²) in [5.41, 5.74) is 4.48. The second-order valence-corrected chi connectivity index (χ2v) is 11.2. The van der Waals surface area contributed by atoms with E-state index in [2.05, 4.69) is 40.2 Å². The van der Waals surface area contributed by atoms with Gasteiger partial charge in [0, 0.05) is 17.9 Å². The predicted octanol–water partition coefficient (Wildman–Crippen LogP) is 5.39. The average molecular weight is 567 g/mol. The van der Waals surface area contributed by atoms with E-state index in [4.69, 9.17) is 0 Å². The summed E-state index contributed by atoms with van der Waals surface area (Å²) in [6, 6.07) is 26.7. The van der Waals surface area contributed by atoms with Gasteiger partial charge in [0.05, 0.1) is 28.9 Å². The first kappa shape index (κ1) is 28.4. The van der Waals surface area contributed by atoms with Gasteiger partial charge >= 0.3 is 0 Å². The molecule has 8 heteroatoms. The van der Waals surface area contributed by atoms with Crippen LogP contribution in [-0.2, 0) is 22.7 Å². The largest absolute Gasteiger partial charge is 0.380 e. The summed E-state index contributed by atoms with van der Waals surface area (Å²) >= 11 is 1.56.